The quantitative estimate of drug-likeness (QED) is 0.550. The van der Waals surface area contributed by atoms with Gasteiger partial charge in [-0.05, 0) is 37.5 Å². The average Bonchev–Trinajstić information content (AvgIpc) is 2.41. The summed E-state index contributed by atoms with van der Waals surface area (Å²) in [6.45, 7) is 4.67. The number of unbranched alkanes of at least 4 members (excludes halogenated alkanes) is 1. The third kappa shape index (κ3) is 3.17. The lowest BCUT2D eigenvalue weighted by Gasteiger charge is -2.31. The molecule has 1 atom stereocenters. The van der Waals surface area contributed by atoms with Crippen molar-refractivity contribution >= 4 is 0 Å². The number of rotatable bonds is 4. The van der Waals surface area contributed by atoms with Gasteiger partial charge < -0.3 is 0 Å². The van der Waals surface area contributed by atoms with E-state index in [9.17, 15) is 0 Å². The molecule has 1 unspecified atom stereocenters. The van der Waals surface area contributed by atoms with Crippen molar-refractivity contribution in [1.29, 1.82) is 0 Å². The minimum atomic E-state index is 0.670. The Balaban J connectivity index is 2.49. The average molecular weight is 180 g/mol. The minimum Gasteiger partial charge on any atom is -0.0885 e. The molecule has 0 amide bonds. The highest BCUT2D eigenvalue weighted by Gasteiger charge is 2.26. The Morgan fingerprint density at radius 1 is 1.23 bits per heavy atom. The molecule has 0 radical (unpaired) electrons. The second-order valence-electron chi connectivity index (χ2n) is 4.52. The molecule has 0 saturated heterocycles. The summed E-state index contributed by atoms with van der Waals surface area (Å²) < 4.78 is 0. The van der Waals surface area contributed by atoms with Crippen LogP contribution in [0.1, 0.15) is 65.2 Å². The normalized spacial score (nSPS) is 28.8. The van der Waals surface area contributed by atoms with Crippen molar-refractivity contribution < 1.29 is 0 Å². The predicted molar refractivity (Wildman–Crippen MR) is 59.9 cm³/mol. The molecule has 0 nitrogen and oxygen atoms in total. The largest absolute Gasteiger partial charge is 0.0885 e. The van der Waals surface area contributed by atoms with Crippen molar-refractivity contribution in [3.63, 3.8) is 0 Å². The van der Waals surface area contributed by atoms with E-state index >= 15 is 0 Å². The fourth-order valence-electron chi connectivity index (χ4n) is 2.42. The Morgan fingerprint density at radius 3 is 2.77 bits per heavy atom. The van der Waals surface area contributed by atoms with E-state index < -0.39 is 0 Å². The van der Waals surface area contributed by atoms with Crippen LogP contribution in [0, 0.1) is 5.41 Å². The third-order valence-electron chi connectivity index (χ3n) is 3.61. The van der Waals surface area contributed by atoms with Crippen LogP contribution in [0.3, 0.4) is 0 Å². The lowest BCUT2D eigenvalue weighted by molar-refractivity contribution is 0.224. The Kier molecular flexibility index (Phi) is 4.55. The van der Waals surface area contributed by atoms with Gasteiger partial charge in [-0.2, -0.15) is 0 Å². The number of hydrogen-bond donors (Lipinski definition) is 0. The predicted octanol–water partition coefficient (Wildman–Crippen LogP) is 4.70. The SMILES string of the molecule is CCCCC1(CC)CC=CCCC1. The summed E-state index contributed by atoms with van der Waals surface area (Å²) in [6.07, 6.45) is 15.9. The molecular formula is C13H24. The monoisotopic (exact) mass is 180 g/mol. The van der Waals surface area contributed by atoms with Gasteiger partial charge in [0.05, 0.1) is 0 Å². The molecule has 0 aromatic carbocycles. The van der Waals surface area contributed by atoms with Gasteiger partial charge in [-0.15, -0.1) is 0 Å². The number of allylic oxidation sites excluding steroid dienone is 2. The highest BCUT2D eigenvalue weighted by atomic mass is 14.3. The topological polar surface area (TPSA) is 0 Å². The van der Waals surface area contributed by atoms with Crippen LogP contribution in [0.5, 0.6) is 0 Å². The van der Waals surface area contributed by atoms with E-state index in [-0.39, 0.29) is 0 Å². The molecule has 0 heteroatoms. The fraction of sp³-hybridized carbons (Fsp3) is 0.846. The molecule has 0 N–H and O–H groups in total. The van der Waals surface area contributed by atoms with Gasteiger partial charge >= 0.3 is 0 Å². The first kappa shape index (κ1) is 10.8. The summed E-state index contributed by atoms with van der Waals surface area (Å²) in [7, 11) is 0. The van der Waals surface area contributed by atoms with Crippen LogP contribution in [0.4, 0.5) is 0 Å². The van der Waals surface area contributed by atoms with Crippen molar-refractivity contribution in [1.82, 2.24) is 0 Å². The van der Waals surface area contributed by atoms with Crippen LogP contribution in [-0.2, 0) is 0 Å². The zero-order valence-electron chi connectivity index (χ0n) is 9.31. The molecule has 0 aromatic heterocycles. The molecule has 0 aliphatic heterocycles. The summed E-state index contributed by atoms with van der Waals surface area (Å²) in [4.78, 5) is 0. The first-order valence-electron chi connectivity index (χ1n) is 5.98. The zero-order valence-corrected chi connectivity index (χ0v) is 9.31. The molecule has 0 aromatic rings. The van der Waals surface area contributed by atoms with Crippen LogP contribution in [-0.4, -0.2) is 0 Å². The maximum Gasteiger partial charge on any atom is -0.0265 e. The van der Waals surface area contributed by atoms with Crippen molar-refractivity contribution in [2.45, 2.75) is 65.2 Å². The van der Waals surface area contributed by atoms with Gasteiger partial charge in [0.2, 0.25) is 0 Å². The fourth-order valence-corrected chi connectivity index (χ4v) is 2.42. The van der Waals surface area contributed by atoms with E-state index in [1.807, 2.05) is 0 Å². The van der Waals surface area contributed by atoms with Gasteiger partial charge in [-0.1, -0.05) is 45.3 Å². The minimum absolute atomic E-state index is 0.670. The smallest absolute Gasteiger partial charge is 0.0265 e. The van der Waals surface area contributed by atoms with Gasteiger partial charge in [-0.3, -0.25) is 0 Å². The molecule has 76 valence electrons. The lowest BCUT2D eigenvalue weighted by atomic mass is 9.74. The second-order valence-corrected chi connectivity index (χ2v) is 4.52. The molecule has 0 bridgehead atoms. The van der Waals surface area contributed by atoms with Crippen LogP contribution in [0.25, 0.3) is 0 Å². The Morgan fingerprint density at radius 2 is 2.08 bits per heavy atom. The van der Waals surface area contributed by atoms with Crippen molar-refractivity contribution in [3.8, 4) is 0 Å². The zero-order chi connectivity index (χ0) is 9.57. The highest BCUT2D eigenvalue weighted by Crippen LogP contribution is 2.39. The van der Waals surface area contributed by atoms with Crippen LogP contribution < -0.4 is 0 Å². The summed E-state index contributed by atoms with van der Waals surface area (Å²) in [6, 6.07) is 0. The maximum absolute atomic E-state index is 2.42. The maximum atomic E-state index is 2.42. The van der Waals surface area contributed by atoms with Crippen LogP contribution in [0.15, 0.2) is 12.2 Å². The summed E-state index contributed by atoms with van der Waals surface area (Å²) in [5.74, 6) is 0. The van der Waals surface area contributed by atoms with Gasteiger partial charge in [0, 0.05) is 0 Å². The van der Waals surface area contributed by atoms with Crippen molar-refractivity contribution in [2.24, 2.45) is 5.41 Å². The molecule has 1 aliphatic carbocycles. The van der Waals surface area contributed by atoms with E-state index in [0.717, 1.165) is 0 Å². The molecule has 1 aliphatic rings. The molecule has 1 rings (SSSR count). The Labute approximate surface area is 83.4 Å². The second kappa shape index (κ2) is 5.47. The van der Waals surface area contributed by atoms with E-state index in [4.69, 9.17) is 0 Å². The summed E-state index contributed by atoms with van der Waals surface area (Å²) in [5.41, 5.74) is 0.670. The van der Waals surface area contributed by atoms with E-state index in [1.165, 1.54) is 51.4 Å². The van der Waals surface area contributed by atoms with Gasteiger partial charge in [0.1, 0.15) is 0 Å². The Hall–Kier alpha value is -0.260. The molecule has 13 heavy (non-hydrogen) atoms. The molecule has 0 saturated carbocycles. The molecular weight excluding hydrogens is 156 g/mol. The number of hydrogen-bond acceptors (Lipinski definition) is 0. The van der Waals surface area contributed by atoms with Gasteiger partial charge in [-0.25, -0.2) is 0 Å². The van der Waals surface area contributed by atoms with Crippen molar-refractivity contribution in [2.75, 3.05) is 0 Å². The lowest BCUT2D eigenvalue weighted by Crippen LogP contribution is -2.18. The summed E-state index contributed by atoms with van der Waals surface area (Å²) >= 11 is 0. The van der Waals surface area contributed by atoms with E-state index in [2.05, 4.69) is 26.0 Å². The first-order valence-corrected chi connectivity index (χ1v) is 5.98. The van der Waals surface area contributed by atoms with E-state index in [1.54, 1.807) is 0 Å². The van der Waals surface area contributed by atoms with Crippen molar-refractivity contribution in [3.05, 3.63) is 12.2 Å². The molecule has 0 heterocycles. The van der Waals surface area contributed by atoms with Crippen LogP contribution >= 0.6 is 0 Å². The van der Waals surface area contributed by atoms with Gasteiger partial charge in [0.25, 0.3) is 0 Å². The first-order chi connectivity index (χ1) is 6.33. The van der Waals surface area contributed by atoms with E-state index in [0.29, 0.717) is 5.41 Å². The van der Waals surface area contributed by atoms with Gasteiger partial charge in [0.15, 0.2) is 0 Å². The third-order valence-corrected chi connectivity index (χ3v) is 3.61. The standard InChI is InChI=1S/C13H24/c1-3-5-10-13(4-2)11-8-6-7-9-12-13/h6,8H,3-5,7,9-12H2,1-2H3. The summed E-state index contributed by atoms with van der Waals surface area (Å²) in [5, 5.41) is 0. The highest BCUT2D eigenvalue weighted by molar-refractivity contribution is 4.94. The molecule has 0 spiro atoms. The Bertz CT molecular complexity index is 157. The van der Waals surface area contributed by atoms with Crippen LogP contribution in [0.2, 0.25) is 0 Å². The molecule has 0 fully saturated rings.